The average molecular weight is 296 g/mol. The molecule has 21 heavy (non-hydrogen) atoms. The molecule has 4 nitrogen and oxygen atoms in total. The second kappa shape index (κ2) is 6.10. The third-order valence-electron chi connectivity index (χ3n) is 3.31. The topological polar surface area (TPSA) is 50.7 Å². The quantitative estimate of drug-likeness (QED) is 0.782. The van der Waals surface area contributed by atoms with Crippen molar-refractivity contribution in [1.29, 1.82) is 0 Å². The highest BCUT2D eigenvalue weighted by molar-refractivity contribution is 7.98. The van der Waals surface area contributed by atoms with Crippen LogP contribution in [0.1, 0.15) is 17.7 Å². The molecule has 1 atom stereocenters. The Kier molecular flexibility index (Phi) is 4.01. The van der Waals surface area contributed by atoms with Crippen molar-refractivity contribution in [1.82, 2.24) is 15.0 Å². The van der Waals surface area contributed by atoms with E-state index in [0.29, 0.717) is 10.9 Å². The van der Waals surface area contributed by atoms with Gasteiger partial charge in [-0.15, -0.1) is 0 Å². The van der Waals surface area contributed by atoms with Crippen molar-refractivity contribution in [3.63, 3.8) is 0 Å². The predicted molar refractivity (Wildman–Crippen MR) is 89.0 cm³/mol. The summed E-state index contributed by atoms with van der Waals surface area (Å²) in [5.74, 6) is 0.775. The Morgan fingerprint density at radius 1 is 1.10 bits per heavy atom. The second-order valence-electron chi connectivity index (χ2n) is 4.72. The van der Waals surface area contributed by atoms with Crippen molar-refractivity contribution < 1.29 is 0 Å². The lowest BCUT2D eigenvalue weighted by Gasteiger charge is -2.11. The van der Waals surface area contributed by atoms with E-state index in [9.17, 15) is 0 Å². The summed E-state index contributed by atoms with van der Waals surface area (Å²) >= 11 is 1.83. The van der Waals surface area contributed by atoms with E-state index >= 15 is 0 Å². The summed E-state index contributed by atoms with van der Waals surface area (Å²) in [5.41, 5.74) is 3.78. The van der Waals surface area contributed by atoms with Gasteiger partial charge < -0.3 is 5.32 Å². The van der Waals surface area contributed by atoms with Crippen molar-refractivity contribution in [3.05, 3.63) is 54.4 Å². The molecule has 2 aromatic heterocycles. The van der Waals surface area contributed by atoms with E-state index in [-0.39, 0.29) is 0 Å². The van der Waals surface area contributed by atoms with E-state index < -0.39 is 0 Å². The molecule has 0 saturated heterocycles. The second-order valence-corrected chi connectivity index (χ2v) is 5.90. The largest absolute Gasteiger partial charge is 0.340 e. The average Bonchev–Trinajstić information content (AvgIpc) is 2.54. The van der Waals surface area contributed by atoms with E-state index in [0.717, 1.165) is 17.0 Å². The molecule has 2 heterocycles. The molecular formula is C16H16N4S. The van der Waals surface area contributed by atoms with Crippen LogP contribution in [-0.4, -0.2) is 21.2 Å². The summed E-state index contributed by atoms with van der Waals surface area (Å²) in [6.45, 7) is 2.20. The minimum absolute atomic E-state index is 0.474. The number of fused-ring (bicyclic) bond motifs is 1. The van der Waals surface area contributed by atoms with Crippen molar-refractivity contribution in [3.8, 4) is 0 Å². The first-order valence-corrected chi connectivity index (χ1v) is 8.02. The Labute approximate surface area is 128 Å². The molecule has 1 N–H and O–H groups in total. The van der Waals surface area contributed by atoms with Crippen LogP contribution in [0.5, 0.6) is 0 Å². The summed E-state index contributed by atoms with van der Waals surface area (Å²) < 4.78 is 0. The minimum atomic E-state index is 0.474. The van der Waals surface area contributed by atoms with Crippen LogP contribution in [0, 0.1) is 0 Å². The zero-order valence-electron chi connectivity index (χ0n) is 11.9. The first-order valence-electron chi connectivity index (χ1n) is 6.74. The monoisotopic (exact) mass is 296 g/mol. The standard InChI is InChI=1S/C16H16N4S/c1-11(21-2)12-4-3-5-13(10-12)19-15-7-6-14-16(20-15)18-9-8-17-14/h3-11H,1-2H3,(H,18,19,20). The Bertz CT molecular complexity index is 760. The van der Waals surface area contributed by atoms with Gasteiger partial charge in [0.05, 0.1) is 0 Å². The molecule has 3 aromatic rings. The maximum Gasteiger partial charge on any atom is 0.180 e. The number of nitrogens with one attached hydrogen (secondary N) is 1. The molecule has 0 aliphatic carbocycles. The molecule has 106 valence electrons. The van der Waals surface area contributed by atoms with Crippen LogP contribution in [0.25, 0.3) is 11.2 Å². The van der Waals surface area contributed by atoms with Crippen LogP contribution in [0.15, 0.2) is 48.8 Å². The van der Waals surface area contributed by atoms with Crippen molar-refractivity contribution in [2.24, 2.45) is 0 Å². The number of benzene rings is 1. The molecule has 0 saturated carbocycles. The Morgan fingerprint density at radius 3 is 2.81 bits per heavy atom. The molecule has 3 rings (SSSR count). The summed E-state index contributed by atoms with van der Waals surface area (Å²) in [7, 11) is 0. The lowest BCUT2D eigenvalue weighted by molar-refractivity contribution is 1.10. The molecule has 1 aromatic carbocycles. The summed E-state index contributed by atoms with van der Waals surface area (Å²) in [5, 5.41) is 3.80. The van der Waals surface area contributed by atoms with Gasteiger partial charge in [-0.2, -0.15) is 11.8 Å². The highest BCUT2D eigenvalue weighted by atomic mass is 32.2. The van der Waals surface area contributed by atoms with Gasteiger partial charge >= 0.3 is 0 Å². The fourth-order valence-corrected chi connectivity index (χ4v) is 2.50. The van der Waals surface area contributed by atoms with E-state index in [1.165, 1.54) is 5.56 Å². The van der Waals surface area contributed by atoms with Gasteiger partial charge in [0.15, 0.2) is 5.65 Å². The van der Waals surface area contributed by atoms with Gasteiger partial charge in [0.25, 0.3) is 0 Å². The Balaban J connectivity index is 1.87. The van der Waals surface area contributed by atoms with E-state index in [2.05, 4.69) is 51.6 Å². The third-order valence-corrected chi connectivity index (χ3v) is 4.29. The molecule has 0 aliphatic heterocycles. The van der Waals surface area contributed by atoms with Gasteiger partial charge in [0, 0.05) is 23.3 Å². The van der Waals surface area contributed by atoms with E-state index in [1.807, 2.05) is 30.0 Å². The van der Waals surface area contributed by atoms with Crippen molar-refractivity contribution in [2.75, 3.05) is 11.6 Å². The molecular weight excluding hydrogens is 280 g/mol. The molecule has 0 aliphatic rings. The number of hydrogen-bond acceptors (Lipinski definition) is 5. The van der Waals surface area contributed by atoms with Gasteiger partial charge in [-0.05, 0) is 43.0 Å². The molecule has 0 radical (unpaired) electrons. The zero-order valence-corrected chi connectivity index (χ0v) is 12.8. The summed E-state index contributed by atoms with van der Waals surface area (Å²) in [4.78, 5) is 12.9. The van der Waals surface area contributed by atoms with Crippen molar-refractivity contribution in [2.45, 2.75) is 12.2 Å². The highest BCUT2D eigenvalue weighted by Gasteiger charge is 2.05. The number of aromatic nitrogens is 3. The first kappa shape index (κ1) is 13.8. The number of rotatable bonds is 4. The van der Waals surface area contributed by atoms with Crippen LogP contribution in [0.2, 0.25) is 0 Å². The van der Waals surface area contributed by atoms with E-state index in [4.69, 9.17) is 0 Å². The normalized spacial score (nSPS) is 12.3. The minimum Gasteiger partial charge on any atom is -0.340 e. The molecule has 1 unspecified atom stereocenters. The Morgan fingerprint density at radius 2 is 1.95 bits per heavy atom. The van der Waals surface area contributed by atoms with Crippen LogP contribution in [0.3, 0.4) is 0 Å². The molecule has 0 fully saturated rings. The maximum atomic E-state index is 4.48. The molecule has 0 spiro atoms. The van der Waals surface area contributed by atoms with Crippen LogP contribution in [-0.2, 0) is 0 Å². The van der Waals surface area contributed by atoms with Crippen LogP contribution >= 0.6 is 11.8 Å². The van der Waals surface area contributed by atoms with Crippen LogP contribution < -0.4 is 5.32 Å². The predicted octanol–water partition coefficient (Wildman–Crippen LogP) is 4.19. The van der Waals surface area contributed by atoms with E-state index in [1.54, 1.807) is 12.4 Å². The van der Waals surface area contributed by atoms with Crippen molar-refractivity contribution >= 4 is 34.4 Å². The fourth-order valence-electron chi connectivity index (χ4n) is 2.08. The number of hydrogen-bond donors (Lipinski definition) is 1. The first-order chi connectivity index (χ1) is 10.3. The molecule has 0 amide bonds. The Hall–Kier alpha value is -2.14. The summed E-state index contributed by atoms with van der Waals surface area (Å²) in [6.07, 6.45) is 5.44. The van der Waals surface area contributed by atoms with Gasteiger partial charge in [0.2, 0.25) is 0 Å². The molecule has 0 bridgehead atoms. The maximum absolute atomic E-state index is 4.48. The number of anilines is 2. The van der Waals surface area contributed by atoms with Gasteiger partial charge in [-0.25, -0.2) is 9.97 Å². The number of thioether (sulfide) groups is 1. The summed E-state index contributed by atoms with van der Waals surface area (Å²) in [6, 6.07) is 12.2. The SMILES string of the molecule is CSC(C)c1cccc(Nc2ccc3nccnc3n2)c1. The fraction of sp³-hybridized carbons (Fsp3) is 0.188. The number of nitrogens with zero attached hydrogens (tertiary/aromatic N) is 3. The van der Waals surface area contributed by atoms with Gasteiger partial charge in [0.1, 0.15) is 11.3 Å². The lowest BCUT2D eigenvalue weighted by atomic mass is 10.1. The number of pyridine rings is 1. The lowest BCUT2D eigenvalue weighted by Crippen LogP contribution is -1.96. The third kappa shape index (κ3) is 3.13. The highest BCUT2D eigenvalue weighted by Crippen LogP contribution is 2.28. The van der Waals surface area contributed by atoms with Gasteiger partial charge in [-0.1, -0.05) is 12.1 Å². The molecule has 5 heteroatoms. The van der Waals surface area contributed by atoms with Crippen LogP contribution in [0.4, 0.5) is 11.5 Å². The zero-order chi connectivity index (χ0) is 14.7. The van der Waals surface area contributed by atoms with Gasteiger partial charge in [-0.3, -0.25) is 4.98 Å². The smallest absolute Gasteiger partial charge is 0.180 e.